The number of nitriles is 1. The van der Waals surface area contributed by atoms with Crippen LogP contribution in [-0.4, -0.2) is 26.5 Å². The summed E-state index contributed by atoms with van der Waals surface area (Å²) >= 11 is 0. The highest BCUT2D eigenvalue weighted by Gasteiger charge is 1.91. The van der Waals surface area contributed by atoms with Crippen molar-refractivity contribution >= 4 is 11.2 Å². The normalized spacial score (nSPS) is 9.40. The maximum atomic E-state index is 8.47. The highest BCUT2D eigenvalue weighted by Crippen LogP contribution is 2.10. The lowest BCUT2D eigenvalue weighted by Gasteiger charge is -2.00. The Morgan fingerprint density at radius 2 is 2.05 bits per heavy atom. The summed E-state index contributed by atoms with van der Waals surface area (Å²) in [5, 5.41) is 8.47. The van der Waals surface area contributed by atoms with E-state index in [-0.39, 0.29) is 0 Å². The molecule has 0 radical (unpaired) electrons. The second kappa shape index (κ2) is 6.85. The summed E-state index contributed by atoms with van der Waals surface area (Å²) in [6.45, 7) is 2.59. The number of hydrogen-bond donors (Lipinski definition) is 1. The molecular weight excluding hydrogens is 254 g/mol. The molecule has 0 spiro atoms. The molecule has 2 heterocycles. The van der Waals surface area contributed by atoms with Gasteiger partial charge in [-0.2, -0.15) is 5.26 Å². The van der Waals surface area contributed by atoms with E-state index in [2.05, 4.69) is 19.9 Å². The third kappa shape index (κ3) is 3.53. The number of benzene rings is 1. The summed E-state index contributed by atoms with van der Waals surface area (Å²) in [5.74, 6) is 0.812. The Bertz CT molecular complexity index is 669. The Hall–Kier alpha value is -2.94. The van der Waals surface area contributed by atoms with Crippen molar-refractivity contribution in [1.29, 1.82) is 5.26 Å². The molecule has 0 aliphatic carbocycles. The van der Waals surface area contributed by atoms with Crippen LogP contribution in [0.25, 0.3) is 11.2 Å². The molecule has 0 amide bonds. The minimum atomic E-state index is 0.659. The minimum absolute atomic E-state index is 0.659. The summed E-state index contributed by atoms with van der Waals surface area (Å²) in [6.07, 6.45) is 4.76. The van der Waals surface area contributed by atoms with E-state index < -0.39 is 0 Å². The topological polar surface area (TPSA) is 87.5 Å². The second-order valence-corrected chi connectivity index (χ2v) is 3.73. The molecule has 6 heteroatoms. The zero-order chi connectivity index (χ0) is 14.2. The van der Waals surface area contributed by atoms with E-state index in [1.807, 2.05) is 13.0 Å². The lowest BCUT2D eigenvalue weighted by molar-refractivity contribution is 0.340. The van der Waals surface area contributed by atoms with Gasteiger partial charge in [-0.3, -0.25) is 0 Å². The Kier molecular flexibility index (Phi) is 4.62. The standard InChI is InChI=1S/C9H9NO.C5H4N4/c1-2-11-9-5-3-8(7-10)4-6-9;1-4-5(8-2-6-1)9-3-7-4/h3-6H,2H2,1H3;1-3H,(H,6,7,8,9). The lowest BCUT2D eigenvalue weighted by atomic mass is 10.2. The van der Waals surface area contributed by atoms with E-state index in [1.165, 1.54) is 6.33 Å². The largest absolute Gasteiger partial charge is 0.494 e. The lowest BCUT2D eigenvalue weighted by Crippen LogP contribution is -1.90. The van der Waals surface area contributed by atoms with E-state index in [1.54, 1.807) is 36.8 Å². The third-order valence-corrected chi connectivity index (χ3v) is 2.39. The van der Waals surface area contributed by atoms with Crippen LogP contribution in [0.5, 0.6) is 5.75 Å². The molecule has 0 fully saturated rings. The van der Waals surface area contributed by atoms with Crippen LogP contribution in [0.15, 0.2) is 43.1 Å². The second-order valence-electron chi connectivity index (χ2n) is 3.73. The number of hydrogen-bond acceptors (Lipinski definition) is 5. The molecule has 0 aliphatic heterocycles. The van der Waals surface area contributed by atoms with Gasteiger partial charge in [-0.1, -0.05) is 0 Å². The summed E-state index contributed by atoms with van der Waals surface area (Å²) in [7, 11) is 0. The Balaban J connectivity index is 0.000000149. The molecule has 0 bridgehead atoms. The van der Waals surface area contributed by atoms with Gasteiger partial charge in [-0.05, 0) is 31.2 Å². The first-order valence-corrected chi connectivity index (χ1v) is 6.05. The van der Waals surface area contributed by atoms with E-state index in [0.29, 0.717) is 17.8 Å². The number of aromatic amines is 1. The quantitative estimate of drug-likeness (QED) is 0.769. The minimum Gasteiger partial charge on any atom is -0.494 e. The number of nitrogens with zero attached hydrogens (tertiary/aromatic N) is 4. The molecule has 3 aromatic rings. The number of H-pyrrole nitrogens is 1. The van der Waals surface area contributed by atoms with Gasteiger partial charge in [0.1, 0.15) is 17.6 Å². The maximum Gasteiger partial charge on any atom is 0.180 e. The van der Waals surface area contributed by atoms with Crippen LogP contribution in [-0.2, 0) is 0 Å². The molecule has 0 saturated heterocycles. The van der Waals surface area contributed by atoms with Crippen molar-refractivity contribution in [1.82, 2.24) is 19.9 Å². The predicted octanol–water partition coefficient (Wildman–Crippen LogP) is 2.31. The van der Waals surface area contributed by atoms with Crippen LogP contribution in [0.4, 0.5) is 0 Å². The van der Waals surface area contributed by atoms with Crippen molar-refractivity contribution in [2.75, 3.05) is 6.61 Å². The predicted molar refractivity (Wildman–Crippen MR) is 74.0 cm³/mol. The van der Waals surface area contributed by atoms with Crippen LogP contribution >= 0.6 is 0 Å². The van der Waals surface area contributed by atoms with Crippen molar-refractivity contribution < 1.29 is 4.74 Å². The fraction of sp³-hybridized carbons (Fsp3) is 0.143. The van der Waals surface area contributed by atoms with Crippen LogP contribution in [0, 0.1) is 11.3 Å². The van der Waals surface area contributed by atoms with Gasteiger partial charge < -0.3 is 9.72 Å². The number of fused-ring (bicyclic) bond motifs is 1. The average Bonchev–Trinajstić information content (AvgIpc) is 2.97. The Morgan fingerprint density at radius 3 is 2.70 bits per heavy atom. The number of ether oxygens (including phenoxy) is 1. The van der Waals surface area contributed by atoms with E-state index >= 15 is 0 Å². The average molecular weight is 267 g/mol. The molecule has 1 aromatic carbocycles. The van der Waals surface area contributed by atoms with Gasteiger partial charge in [0.2, 0.25) is 0 Å². The van der Waals surface area contributed by atoms with Crippen molar-refractivity contribution in [2.24, 2.45) is 0 Å². The number of imidazole rings is 1. The van der Waals surface area contributed by atoms with Gasteiger partial charge in [0.15, 0.2) is 5.65 Å². The summed E-state index contributed by atoms with van der Waals surface area (Å²) in [5.41, 5.74) is 2.25. The summed E-state index contributed by atoms with van der Waals surface area (Å²) in [4.78, 5) is 14.5. The molecular formula is C14H13N5O. The van der Waals surface area contributed by atoms with Gasteiger partial charge in [-0.25, -0.2) is 15.0 Å². The third-order valence-electron chi connectivity index (χ3n) is 2.39. The first kappa shape index (κ1) is 13.5. The molecule has 20 heavy (non-hydrogen) atoms. The molecule has 3 rings (SSSR count). The van der Waals surface area contributed by atoms with Crippen LogP contribution in [0.2, 0.25) is 0 Å². The highest BCUT2D eigenvalue weighted by molar-refractivity contribution is 5.67. The Morgan fingerprint density at radius 1 is 1.25 bits per heavy atom. The van der Waals surface area contributed by atoms with Gasteiger partial charge >= 0.3 is 0 Å². The molecule has 1 N–H and O–H groups in total. The zero-order valence-electron chi connectivity index (χ0n) is 10.9. The molecule has 0 saturated carbocycles. The fourth-order valence-corrected chi connectivity index (χ4v) is 1.48. The molecule has 0 unspecified atom stereocenters. The smallest absolute Gasteiger partial charge is 0.180 e. The monoisotopic (exact) mass is 267 g/mol. The first-order chi connectivity index (χ1) is 9.83. The molecule has 0 aliphatic rings. The van der Waals surface area contributed by atoms with Gasteiger partial charge in [0.05, 0.1) is 30.8 Å². The van der Waals surface area contributed by atoms with Crippen LogP contribution in [0.1, 0.15) is 12.5 Å². The molecule has 0 atom stereocenters. The SMILES string of the molecule is CCOc1ccc(C#N)cc1.c1ncc2[nH]cnc2n1. The number of aromatic nitrogens is 4. The fourth-order valence-electron chi connectivity index (χ4n) is 1.48. The molecule has 100 valence electrons. The van der Waals surface area contributed by atoms with Gasteiger partial charge in [-0.15, -0.1) is 0 Å². The van der Waals surface area contributed by atoms with E-state index in [4.69, 9.17) is 10.00 Å². The Labute approximate surface area is 116 Å². The first-order valence-electron chi connectivity index (χ1n) is 6.05. The zero-order valence-corrected chi connectivity index (χ0v) is 10.9. The van der Waals surface area contributed by atoms with E-state index in [0.717, 1.165) is 11.3 Å². The van der Waals surface area contributed by atoms with Crippen LogP contribution in [0.3, 0.4) is 0 Å². The number of nitrogens with one attached hydrogen (secondary N) is 1. The van der Waals surface area contributed by atoms with Crippen molar-refractivity contribution in [2.45, 2.75) is 6.92 Å². The summed E-state index contributed by atoms with van der Waals surface area (Å²) in [6, 6.07) is 9.11. The van der Waals surface area contributed by atoms with Crippen LogP contribution < -0.4 is 4.74 Å². The maximum absolute atomic E-state index is 8.47. The van der Waals surface area contributed by atoms with E-state index in [9.17, 15) is 0 Å². The van der Waals surface area contributed by atoms with Gasteiger partial charge in [0.25, 0.3) is 0 Å². The van der Waals surface area contributed by atoms with Crippen molar-refractivity contribution in [3.05, 3.63) is 48.7 Å². The summed E-state index contributed by atoms with van der Waals surface area (Å²) < 4.78 is 5.20. The highest BCUT2D eigenvalue weighted by atomic mass is 16.5. The van der Waals surface area contributed by atoms with Crippen molar-refractivity contribution in [3.8, 4) is 11.8 Å². The van der Waals surface area contributed by atoms with Crippen molar-refractivity contribution in [3.63, 3.8) is 0 Å². The number of rotatable bonds is 2. The van der Waals surface area contributed by atoms with Gasteiger partial charge in [0, 0.05) is 0 Å². The molecule has 6 nitrogen and oxygen atoms in total. The molecule has 2 aromatic heterocycles.